The molecule has 0 aliphatic carbocycles. The Morgan fingerprint density at radius 3 is 2.70 bits per heavy atom. The molecule has 0 aromatic carbocycles. The third-order valence-corrected chi connectivity index (χ3v) is 5.24. The van der Waals surface area contributed by atoms with Gasteiger partial charge in [-0.25, -0.2) is 15.0 Å². The van der Waals surface area contributed by atoms with Crippen molar-refractivity contribution in [2.45, 2.75) is 51.5 Å². The van der Waals surface area contributed by atoms with Gasteiger partial charge < -0.3 is 14.4 Å². The van der Waals surface area contributed by atoms with Crippen LogP contribution in [0.2, 0.25) is 0 Å². The van der Waals surface area contributed by atoms with E-state index in [1.807, 2.05) is 32.2 Å². The fourth-order valence-corrected chi connectivity index (χ4v) is 4.04. The summed E-state index contributed by atoms with van der Waals surface area (Å²) in [6.07, 6.45) is 6.51. The molecule has 7 heteroatoms. The molecule has 2 aromatic rings. The second kappa shape index (κ2) is 6.56. The number of fused-ring (bicyclic) bond motifs is 3. The first-order chi connectivity index (χ1) is 13.2. The van der Waals surface area contributed by atoms with Gasteiger partial charge in [0.25, 0.3) is 0 Å². The highest BCUT2D eigenvalue weighted by molar-refractivity contribution is 6.14. The average Bonchev–Trinajstić information content (AvgIpc) is 3.23. The van der Waals surface area contributed by atoms with Crippen LogP contribution in [-0.4, -0.2) is 52.1 Å². The van der Waals surface area contributed by atoms with Crippen molar-refractivity contribution in [3.8, 4) is 5.88 Å². The second-order valence-corrected chi connectivity index (χ2v) is 7.64. The Hall–Kier alpha value is -2.54. The Morgan fingerprint density at radius 2 is 1.93 bits per heavy atom. The van der Waals surface area contributed by atoms with E-state index in [1.165, 1.54) is 0 Å². The summed E-state index contributed by atoms with van der Waals surface area (Å²) < 4.78 is 11.7. The number of rotatable bonds is 4. The Balaban J connectivity index is 1.44. The highest BCUT2D eigenvalue weighted by atomic mass is 16.5. The molecule has 0 saturated carbocycles. The minimum atomic E-state index is 0.0830. The van der Waals surface area contributed by atoms with E-state index in [9.17, 15) is 0 Å². The third kappa shape index (κ3) is 3.16. The number of nitrogens with zero attached hydrogens (tertiary/aromatic N) is 5. The van der Waals surface area contributed by atoms with Gasteiger partial charge in [0.2, 0.25) is 5.88 Å². The van der Waals surface area contributed by atoms with Gasteiger partial charge in [-0.2, -0.15) is 0 Å². The highest BCUT2D eigenvalue weighted by Gasteiger charge is 2.34. The lowest BCUT2D eigenvalue weighted by Gasteiger charge is -2.33. The number of ether oxygens (including phenoxy) is 2. The standard InChI is InChI=1S/C20H23N5O2/c1-12(2)26-19-5-16-13(7-21-19)8-22-20(16)17-6-18(24-11-23-17)25-9-14-3-4-15(10-25)27-14/h5-7,11-12,14-15H,3-4,8-10H2,1-2H3. The maximum atomic E-state index is 5.94. The summed E-state index contributed by atoms with van der Waals surface area (Å²) in [4.78, 5) is 20.4. The molecule has 140 valence electrons. The van der Waals surface area contributed by atoms with Crippen LogP contribution in [0.5, 0.6) is 5.88 Å². The van der Waals surface area contributed by atoms with Crippen LogP contribution in [-0.2, 0) is 11.3 Å². The number of hydrogen-bond donors (Lipinski definition) is 0. The van der Waals surface area contributed by atoms with Gasteiger partial charge in [0, 0.05) is 42.5 Å². The van der Waals surface area contributed by atoms with Crippen molar-refractivity contribution in [3.63, 3.8) is 0 Å². The quantitative estimate of drug-likeness (QED) is 0.828. The Kier molecular flexibility index (Phi) is 4.04. The molecule has 5 rings (SSSR count). The number of anilines is 1. The number of morpholine rings is 1. The Morgan fingerprint density at radius 1 is 1.11 bits per heavy atom. The van der Waals surface area contributed by atoms with Crippen LogP contribution in [0, 0.1) is 0 Å². The van der Waals surface area contributed by atoms with Crippen LogP contribution < -0.4 is 9.64 Å². The predicted octanol–water partition coefficient (Wildman–Crippen LogP) is 2.38. The van der Waals surface area contributed by atoms with Gasteiger partial charge in [-0.3, -0.25) is 4.99 Å². The van der Waals surface area contributed by atoms with Crippen molar-refractivity contribution >= 4 is 11.5 Å². The van der Waals surface area contributed by atoms with Gasteiger partial charge in [-0.1, -0.05) is 0 Å². The largest absolute Gasteiger partial charge is 0.475 e. The van der Waals surface area contributed by atoms with E-state index in [0.717, 1.165) is 54.3 Å². The summed E-state index contributed by atoms with van der Waals surface area (Å²) in [7, 11) is 0. The van der Waals surface area contributed by atoms with Crippen molar-refractivity contribution in [2.75, 3.05) is 18.0 Å². The first-order valence-corrected chi connectivity index (χ1v) is 9.59. The maximum absolute atomic E-state index is 5.94. The minimum absolute atomic E-state index is 0.0830. The van der Waals surface area contributed by atoms with Crippen LogP contribution in [0.1, 0.15) is 43.5 Å². The molecular weight excluding hydrogens is 342 g/mol. The first kappa shape index (κ1) is 16.6. The molecule has 2 saturated heterocycles. The molecule has 3 aliphatic rings. The maximum Gasteiger partial charge on any atom is 0.214 e. The highest BCUT2D eigenvalue weighted by Crippen LogP contribution is 2.30. The van der Waals surface area contributed by atoms with Gasteiger partial charge in [-0.15, -0.1) is 0 Å². The van der Waals surface area contributed by atoms with E-state index in [-0.39, 0.29) is 6.10 Å². The van der Waals surface area contributed by atoms with Crippen LogP contribution in [0.3, 0.4) is 0 Å². The molecule has 2 unspecified atom stereocenters. The smallest absolute Gasteiger partial charge is 0.214 e. The normalized spacial score (nSPS) is 23.5. The molecule has 5 heterocycles. The summed E-state index contributed by atoms with van der Waals surface area (Å²) in [6, 6.07) is 4.01. The fraction of sp³-hybridized carbons (Fsp3) is 0.500. The molecule has 2 fully saturated rings. The molecule has 2 atom stereocenters. The van der Waals surface area contributed by atoms with E-state index in [1.54, 1.807) is 6.33 Å². The molecule has 0 amide bonds. The number of aliphatic imine (C=N–C) groups is 1. The van der Waals surface area contributed by atoms with Crippen molar-refractivity contribution in [1.82, 2.24) is 15.0 Å². The van der Waals surface area contributed by atoms with Crippen LogP contribution in [0.25, 0.3) is 0 Å². The number of hydrogen-bond acceptors (Lipinski definition) is 7. The Bertz CT molecular complexity index is 886. The molecule has 0 radical (unpaired) electrons. The van der Waals surface area contributed by atoms with E-state index < -0.39 is 0 Å². The third-order valence-electron chi connectivity index (χ3n) is 5.24. The van der Waals surface area contributed by atoms with Gasteiger partial charge in [0.15, 0.2) is 0 Å². The molecular formula is C20H23N5O2. The van der Waals surface area contributed by atoms with Gasteiger partial charge in [0.05, 0.1) is 36.3 Å². The monoisotopic (exact) mass is 365 g/mol. The summed E-state index contributed by atoms with van der Waals surface area (Å²) in [5.41, 5.74) is 3.89. The van der Waals surface area contributed by atoms with E-state index in [0.29, 0.717) is 24.6 Å². The van der Waals surface area contributed by atoms with Crippen molar-refractivity contribution in [3.05, 3.63) is 41.5 Å². The summed E-state index contributed by atoms with van der Waals surface area (Å²) >= 11 is 0. The van der Waals surface area contributed by atoms with Crippen molar-refractivity contribution in [2.24, 2.45) is 4.99 Å². The summed E-state index contributed by atoms with van der Waals surface area (Å²) in [5.74, 6) is 1.57. The molecule has 27 heavy (non-hydrogen) atoms. The van der Waals surface area contributed by atoms with E-state index >= 15 is 0 Å². The lowest BCUT2D eigenvalue weighted by molar-refractivity contribution is 0.0302. The van der Waals surface area contributed by atoms with Crippen LogP contribution >= 0.6 is 0 Å². The van der Waals surface area contributed by atoms with Gasteiger partial charge in [0.1, 0.15) is 12.1 Å². The zero-order chi connectivity index (χ0) is 18.4. The zero-order valence-corrected chi connectivity index (χ0v) is 15.6. The molecule has 2 bridgehead atoms. The first-order valence-electron chi connectivity index (χ1n) is 9.59. The van der Waals surface area contributed by atoms with Crippen molar-refractivity contribution in [1.29, 1.82) is 0 Å². The Labute approximate surface area is 158 Å². The van der Waals surface area contributed by atoms with E-state index in [4.69, 9.17) is 14.5 Å². The molecule has 0 N–H and O–H groups in total. The van der Waals surface area contributed by atoms with Gasteiger partial charge >= 0.3 is 0 Å². The summed E-state index contributed by atoms with van der Waals surface area (Å²) in [6.45, 7) is 6.41. The number of aromatic nitrogens is 3. The predicted molar refractivity (Wildman–Crippen MR) is 101 cm³/mol. The topological polar surface area (TPSA) is 72.7 Å². The van der Waals surface area contributed by atoms with Crippen LogP contribution in [0.4, 0.5) is 5.82 Å². The SMILES string of the molecule is CC(C)Oc1cc2c(cn1)CN=C2c1cc(N2CC3CCC(C2)O3)ncn1. The molecule has 2 aromatic heterocycles. The van der Waals surface area contributed by atoms with E-state index in [2.05, 4.69) is 19.9 Å². The lowest BCUT2D eigenvalue weighted by Crippen LogP contribution is -2.43. The second-order valence-electron chi connectivity index (χ2n) is 7.64. The molecule has 7 nitrogen and oxygen atoms in total. The van der Waals surface area contributed by atoms with Gasteiger partial charge in [-0.05, 0) is 26.7 Å². The average molecular weight is 365 g/mol. The molecule has 3 aliphatic heterocycles. The summed E-state index contributed by atoms with van der Waals surface area (Å²) in [5, 5.41) is 0. The van der Waals surface area contributed by atoms with Crippen molar-refractivity contribution < 1.29 is 9.47 Å². The lowest BCUT2D eigenvalue weighted by atomic mass is 10.1. The zero-order valence-electron chi connectivity index (χ0n) is 15.6. The number of pyridine rings is 1. The minimum Gasteiger partial charge on any atom is -0.475 e. The fourth-order valence-electron chi connectivity index (χ4n) is 4.04. The molecule has 0 spiro atoms. The van der Waals surface area contributed by atoms with Crippen LogP contribution in [0.15, 0.2) is 29.6 Å².